The third kappa shape index (κ3) is 5.58. The molecule has 0 aliphatic carbocycles. The topological polar surface area (TPSA) is 81.4 Å². The molecule has 0 radical (unpaired) electrons. The van der Waals surface area contributed by atoms with Crippen molar-refractivity contribution < 1.29 is 14.3 Å². The zero-order valence-electron chi connectivity index (χ0n) is 13.0. The Hall–Kier alpha value is -1.99. The van der Waals surface area contributed by atoms with Crippen molar-refractivity contribution in [3.63, 3.8) is 0 Å². The molecular weight excluding hydrogens is 392 g/mol. The molecule has 3 N–H and O–H groups in total. The highest BCUT2D eigenvalue weighted by Crippen LogP contribution is 2.27. The van der Waals surface area contributed by atoms with E-state index >= 15 is 0 Å². The van der Waals surface area contributed by atoms with Gasteiger partial charge >= 0.3 is 0 Å². The van der Waals surface area contributed by atoms with Gasteiger partial charge in [0.1, 0.15) is 5.75 Å². The van der Waals surface area contributed by atoms with Crippen LogP contribution in [0.3, 0.4) is 0 Å². The predicted octanol–water partition coefficient (Wildman–Crippen LogP) is 3.43. The molecule has 0 aromatic heterocycles. The van der Waals surface area contributed by atoms with Gasteiger partial charge in [-0.2, -0.15) is 0 Å². The molecule has 0 saturated carbocycles. The zero-order chi connectivity index (χ0) is 17.5. The lowest BCUT2D eigenvalue weighted by Gasteiger charge is -2.16. The van der Waals surface area contributed by atoms with Crippen molar-refractivity contribution >= 4 is 45.2 Å². The molecule has 0 bridgehead atoms. The number of anilines is 1. The van der Waals surface area contributed by atoms with E-state index in [0.29, 0.717) is 11.4 Å². The Bertz CT molecular complexity index is 722. The number of primary amides is 1. The highest BCUT2D eigenvalue weighted by atomic mass is 79.9. The first-order valence-corrected chi connectivity index (χ1v) is 8.97. The summed E-state index contributed by atoms with van der Waals surface area (Å²) in [5, 5.41) is 2.82. The van der Waals surface area contributed by atoms with E-state index in [-0.39, 0.29) is 11.7 Å². The number of nitrogens with two attached hydrogens (primary N) is 1. The molecule has 0 heterocycles. The van der Waals surface area contributed by atoms with Crippen LogP contribution in [0.1, 0.15) is 6.92 Å². The highest BCUT2D eigenvalue weighted by Gasteiger charge is 2.16. The van der Waals surface area contributed by atoms with E-state index in [0.717, 1.165) is 9.37 Å². The average Bonchev–Trinajstić information content (AvgIpc) is 2.56. The Morgan fingerprint density at radius 2 is 1.88 bits per heavy atom. The third-order valence-electron chi connectivity index (χ3n) is 3.01. The van der Waals surface area contributed by atoms with Gasteiger partial charge in [0.05, 0.1) is 11.4 Å². The van der Waals surface area contributed by atoms with Crippen LogP contribution in [0.5, 0.6) is 5.75 Å². The molecule has 126 valence electrons. The van der Waals surface area contributed by atoms with Crippen LogP contribution in [0.2, 0.25) is 0 Å². The van der Waals surface area contributed by atoms with E-state index in [1.54, 1.807) is 25.1 Å². The van der Waals surface area contributed by atoms with Gasteiger partial charge in [0.25, 0.3) is 5.91 Å². The average molecular weight is 409 g/mol. The summed E-state index contributed by atoms with van der Waals surface area (Å²) in [7, 11) is 0. The normalized spacial score (nSPS) is 11.6. The second-order valence-electron chi connectivity index (χ2n) is 4.95. The van der Waals surface area contributed by atoms with Gasteiger partial charge in [0.2, 0.25) is 5.91 Å². The maximum Gasteiger partial charge on any atom is 0.265 e. The maximum absolute atomic E-state index is 12.3. The minimum absolute atomic E-state index is 0.151. The first-order chi connectivity index (χ1) is 11.5. The van der Waals surface area contributed by atoms with Crippen LogP contribution in [0, 0.1) is 0 Å². The molecule has 7 heteroatoms. The van der Waals surface area contributed by atoms with Crippen molar-refractivity contribution in [2.24, 2.45) is 5.73 Å². The van der Waals surface area contributed by atoms with Crippen molar-refractivity contribution in [3.05, 3.63) is 53.0 Å². The summed E-state index contributed by atoms with van der Waals surface area (Å²) in [6.45, 7) is 1.68. The van der Waals surface area contributed by atoms with E-state index < -0.39 is 12.0 Å². The fraction of sp³-hybridized carbons (Fsp3) is 0.176. The van der Waals surface area contributed by atoms with Gasteiger partial charge in [-0.3, -0.25) is 9.59 Å². The van der Waals surface area contributed by atoms with Crippen molar-refractivity contribution in [3.8, 4) is 5.75 Å². The monoisotopic (exact) mass is 408 g/mol. The molecule has 0 saturated heterocycles. The molecule has 2 rings (SSSR count). The molecule has 2 amide bonds. The number of carbonyl (C=O) groups excluding carboxylic acids is 2. The molecule has 5 nitrogen and oxygen atoms in total. The smallest absolute Gasteiger partial charge is 0.265 e. The molecule has 1 atom stereocenters. The third-order valence-corrected chi connectivity index (χ3v) is 4.64. The number of para-hydroxylation sites is 1. The van der Waals surface area contributed by atoms with Crippen molar-refractivity contribution in [1.82, 2.24) is 0 Å². The summed E-state index contributed by atoms with van der Waals surface area (Å²) in [5.41, 5.74) is 5.79. The Morgan fingerprint density at radius 1 is 1.21 bits per heavy atom. The fourth-order valence-corrected chi connectivity index (χ4v) is 2.86. The molecule has 0 aliphatic heterocycles. The second kappa shape index (κ2) is 8.75. The second-order valence-corrected chi connectivity index (χ2v) is 6.89. The minimum Gasteiger partial charge on any atom is -0.481 e. The largest absolute Gasteiger partial charge is 0.481 e. The number of hydrogen-bond donors (Lipinski definition) is 2. The summed E-state index contributed by atoms with van der Waals surface area (Å²) < 4.78 is 6.56. The fourth-order valence-electron chi connectivity index (χ4n) is 1.85. The van der Waals surface area contributed by atoms with E-state index in [9.17, 15) is 9.59 Å². The number of hydrogen-bond acceptors (Lipinski definition) is 4. The lowest BCUT2D eigenvalue weighted by atomic mass is 10.3. The standard InChI is InChI=1S/C17H17BrN2O3S/c1-11(23-13-8-6-12(18)7-9-13)17(22)20-14-4-2-3-5-15(14)24-10-16(19)21/h2-9,11H,10H2,1H3,(H2,19,21)(H,20,22). The lowest BCUT2D eigenvalue weighted by Crippen LogP contribution is -2.30. The first-order valence-electron chi connectivity index (χ1n) is 7.19. The number of nitrogens with one attached hydrogen (secondary N) is 1. The molecule has 2 aromatic rings. The Labute approximate surface area is 153 Å². The van der Waals surface area contributed by atoms with Gasteiger partial charge < -0.3 is 15.8 Å². The summed E-state index contributed by atoms with van der Waals surface area (Å²) in [6, 6.07) is 14.5. The number of ether oxygens (including phenoxy) is 1. The Balaban J connectivity index is 2.00. The summed E-state index contributed by atoms with van der Waals surface area (Å²) >= 11 is 4.63. The SMILES string of the molecule is CC(Oc1ccc(Br)cc1)C(=O)Nc1ccccc1SCC(N)=O. The number of amides is 2. The van der Waals surface area contributed by atoms with Gasteiger partial charge in [-0.05, 0) is 43.3 Å². The molecule has 0 spiro atoms. The molecule has 1 unspecified atom stereocenters. The number of benzene rings is 2. The molecule has 0 aliphatic rings. The van der Waals surface area contributed by atoms with Crippen LogP contribution in [0.25, 0.3) is 0 Å². The number of carbonyl (C=O) groups is 2. The Morgan fingerprint density at radius 3 is 2.54 bits per heavy atom. The summed E-state index contributed by atoms with van der Waals surface area (Å²) in [5.74, 6) is 0.0769. The Kier molecular flexibility index (Phi) is 6.69. The highest BCUT2D eigenvalue weighted by molar-refractivity contribution is 9.10. The van der Waals surface area contributed by atoms with Gasteiger partial charge in [0.15, 0.2) is 6.10 Å². The van der Waals surface area contributed by atoms with Crippen molar-refractivity contribution in [2.45, 2.75) is 17.9 Å². The molecule has 2 aromatic carbocycles. The molecule has 24 heavy (non-hydrogen) atoms. The molecular formula is C17H17BrN2O3S. The van der Waals surface area contributed by atoms with Crippen LogP contribution in [-0.4, -0.2) is 23.7 Å². The number of rotatable bonds is 7. The number of thioether (sulfide) groups is 1. The van der Waals surface area contributed by atoms with Crippen LogP contribution in [0.4, 0.5) is 5.69 Å². The van der Waals surface area contributed by atoms with Crippen LogP contribution in [0.15, 0.2) is 57.9 Å². The van der Waals surface area contributed by atoms with Crippen LogP contribution >= 0.6 is 27.7 Å². The quantitative estimate of drug-likeness (QED) is 0.687. The molecule has 0 fully saturated rings. The van der Waals surface area contributed by atoms with Crippen LogP contribution in [-0.2, 0) is 9.59 Å². The van der Waals surface area contributed by atoms with Crippen molar-refractivity contribution in [1.29, 1.82) is 0 Å². The van der Waals surface area contributed by atoms with E-state index in [1.165, 1.54) is 11.8 Å². The number of halogens is 1. The van der Waals surface area contributed by atoms with E-state index in [4.69, 9.17) is 10.5 Å². The maximum atomic E-state index is 12.3. The van der Waals surface area contributed by atoms with Gasteiger partial charge in [-0.1, -0.05) is 28.1 Å². The lowest BCUT2D eigenvalue weighted by molar-refractivity contribution is -0.122. The van der Waals surface area contributed by atoms with Gasteiger partial charge in [-0.15, -0.1) is 11.8 Å². The summed E-state index contributed by atoms with van der Waals surface area (Å²) in [4.78, 5) is 24.0. The predicted molar refractivity (Wildman–Crippen MR) is 99.2 cm³/mol. The minimum atomic E-state index is -0.666. The van der Waals surface area contributed by atoms with E-state index in [1.807, 2.05) is 30.3 Å². The van der Waals surface area contributed by atoms with E-state index in [2.05, 4.69) is 21.2 Å². The first kappa shape index (κ1) is 18.4. The van der Waals surface area contributed by atoms with Crippen LogP contribution < -0.4 is 15.8 Å². The van der Waals surface area contributed by atoms with Crippen molar-refractivity contribution in [2.75, 3.05) is 11.1 Å². The van der Waals surface area contributed by atoms with Gasteiger partial charge in [0, 0.05) is 9.37 Å². The van der Waals surface area contributed by atoms with Gasteiger partial charge in [-0.25, -0.2) is 0 Å². The summed E-state index contributed by atoms with van der Waals surface area (Å²) in [6.07, 6.45) is -0.666. The zero-order valence-corrected chi connectivity index (χ0v) is 15.4.